The van der Waals surface area contributed by atoms with Crippen molar-refractivity contribution in [1.29, 1.82) is 0 Å². The Hall–Kier alpha value is -6.50. The van der Waals surface area contributed by atoms with Crippen LogP contribution < -0.4 is 0 Å². The molecule has 0 unspecified atom stereocenters. The molecule has 0 aliphatic heterocycles. The van der Waals surface area contributed by atoms with Crippen LogP contribution in [0.2, 0.25) is 0 Å². The number of benzene rings is 10. The topological polar surface area (TPSA) is 0 Å². The van der Waals surface area contributed by atoms with E-state index in [0.29, 0.717) is 0 Å². The van der Waals surface area contributed by atoms with Gasteiger partial charge in [0.2, 0.25) is 0 Å². The monoisotopic (exact) mass is 672 g/mol. The Morgan fingerprint density at radius 3 is 1.42 bits per heavy atom. The summed E-state index contributed by atoms with van der Waals surface area (Å²) in [5.41, 5.74) is 13.1. The van der Waals surface area contributed by atoms with Crippen molar-refractivity contribution in [3.8, 4) is 44.5 Å². The quantitative estimate of drug-likeness (QED) is 0.129. The minimum absolute atomic E-state index is 0.0527. The minimum atomic E-state index is -0.0527. The van der Waals surface area contributed by atoms with Crippen LogP contribution in [0.4, 0.5) is 0 Å². The maximum atomic E-state index is 2.42. The van der Waals surface area contributed by atoms with Crippen LogP contribution in [0.5, 0.6) is 0 Å². The lowest BCUT2D eigenvalue weighted by Crippen LogP contribution is -2.15. The van der Waals surface area contributed by atoms with Crippen LogP contribution in [0, 0.1) is 0 Å². The largest absolute Gasteiger partial charge is 0.0616 e. The molecule has 10 aromatic carbocycles. The van der Waals surface area contributed by atoms with Gasteiger partial charge in [0.15, 0.2) is 0 Å². The molecule has 0 fully saturated rings. The average molecular weight is 673 g/mol. The highest BCUT2D eigenvalue weighted by Crippen LogP contribution is 2.52. The van der Waals surface area contributed by atoms with E-state index in [-0.39, 0.29) is 5.41 Å². The first-order valence-electron chi connectivity index (χ1n) is 18.7. The molecule has 0 N–H and O–H groups in total. The molecule has 10 aromatic rings. The Kier molecular flexibility index (Phi) is 6.40. The third-order valence-electron chi connectivity index (χ3n) is 12.0. The van der Waals surface area contributed by atoms with Crippen molar-refractivity contribution in [2.24, 2.45) is 0 Å². The molecule has 1 aliphatic carbocycles. The minimum Gasteiger partial charge on any atom is -0.0616 e. The van der Waals surface area contributed by atoms with Gasteiger partial charge in [-0.3, -0.25) is 0 Å². The number of hydrogen-bond acceptors (Lipinski definition) is 0. The standard InChI is InChI=1S/C53H36/c1-53(2)49-30-28-38(31-48(49)46-29-27-35-12-4-6-14-41(35)52(46)53)33-19-24-37(25-20-33)50-42-15-7-9-17-44(42)51(45-18-10-8-16-43(45)50)39-26-23-36-22-21-34-11-3-5-13-40(34)47(36)32-39/h3-32H,1-2H3. The second kappa shape index (κ2) is 11.2. The highest BCUT2D eigenvalue weighted by Gasteiger charge is 2.37. The molecule has 1 aliphatic rings. The molecule has 0 bridgehead atoms. The first kappa shape index (κ1) is 30.2. The molecule has 0 spiro atoms. The molecular formula is C53H36. The molecule has 0 heterocycles. The van der Waals surface area contributed by atoms with Crippen LogP contribution in [0.1, 0.15) is 25.0 Å². The predicted octanol–water partition coefficient (Wildman–Crippen LogP) is 14.8. The third kappa shape index (κ3) is 4.42. The molecule has 0 atom stereocenters. The second-order valence-corrected chi connectivity index (χ2v) is 15.2. The van der Waals surface area contributed by atoms with Crippen molar-refractivity contribution >= 4 is 53.9 Å². The van der Waals surface area contributed by atoms with Gasteiger partial charge in [-0.25, -0.2) is 0 Å². The SMILES string of the molecule is CC1(C)c2ccc(-c3ccc(-c4c5ccccc5c(-c5ccc6ccc7ccccc7c6c5)c5ccccc45)cc3)cc2-c2ccc3ccccc3c21. The van der Waals surface area contributed by atoms with Crippen molar-refractivity contribution in [3.05, 3.63) is 193 Å². The zero-order chi connectivity index (χ0) is 35.3. The van der Waals surface area contributed by atoms with Crippen LogP contribution in [0.3, 0.4) is 0 Å². The first-order chi connectivity index (χ1) is 26.0. The Morgan fingerprint density at radius 2 is 0.755 bits per heavy atom. The van der Waals surface area contributed by atoms with Crippen LogP contribution >= 0.6 is 0 Å². The lowest BCUT2D eigenvalue weighted by atomic mass is 9.80. The van der Waals surface area contributed by atoms with E-state index in [1.54, 1.807) is 0 Å². The number of fused-ring (bicyclic) bond motifs is 10. The van der Waals surface area contributed by atoms with Crippen LogP contribution in [-0.4, -0.2) is 0 Å². The lowest BCUT2D eigenvalue weighted by Gasteiger charge is -2.23. The smallest absolute Gasteiger partial charge is 0.0165 e. The predicted molar refractivity (Wildman–Crippen MR) is 228 cm³/mol. The van der Waals surface area contributed by atoms with E-state index >= 15 is 0 Å². The molecule has 0 saturated heterocycles. The van der Waals surface area contributed by atoms with Gasteiger partial charge in [0.1, 0.15) is 0 Å². The summed E-state index contributed by atoms with van der Waals surface area (Å²) in [6.45, 7) is 4.75. The fourth-order valence-electron chi connectivity index (χ4n) is 9.53. The summed E-state index contributed by atoms with van der Waals surface area (Å²) in [4.78, 5) is 0. The van der Waals surface area contributed by atoms with E-state index in [1.807, 2.05) is 0 Å². The normalized spacial score (nSPS) is 13.2. The maximum Gasteiger partial charge on any atom is 0.0165 e. The van der Waals surface area contributed by atoms with E-state index in [9.17, 15) is 0 Å². The van der Waals surface area contributed by atoms with Crippen LogP contribution in [0.25, 0.3) is 98.4 Å². The van der Waals surface area contributed by atoms with E-state index in [4.69, 9.17) is 0 Å². The summed E-state index contributed by atoms with van der Waals surface area (Å²) in [6, 6.07) is 67.9. The summed E-state index contributed by atoms with van der Waals surface area (Å²) in [6.07, 6.45) is 0. The molecule has 0 heteroatoms. The third-order valence-corrected chi connectivity index (χ3v) is 12.0. The summed E-state index contributed by atoms with van der Waals surface area (Å²) >= 11 is 0. The van der Waals surface area contributed by atoms with E-state index in [1.165, 1.54) is 109 Å². The zero-order valence-electron chi connectivity index (χ0n) is 29.8. The molecule has 0 radical (unpaired) electrons. The van der Waals surface area contributed by atoms with E-state index in [0.717, 1.165) is 0 Å². The molecule has 0 aromatic heterocycles. The Labute approximate surface area is 309 Å². The van der Waals surface area contributed by atoms with Crippen molar-refractivity contribution in [2.45, 2.75) is 19.3 Å². The zero-order valence-corrected chi connectivity index (χ0v) is 29.8. The molecule has 0 nitrogen and oxygen atoms in total. The van der Waals surface area contributed by atoms with Gasteiger partial charge in [-0.2, -0.15) is 0 Å². The Morgan fingerprint density at radius 1 is 0.302 bits per heavy atom. The van der Waals surface area contributed by atoms with Crippen LogP contribution in [-0.2, 0) is 5.41 Å². The summed E-state index contributed by atoms with van der Waals surface area (Å²) in [5.74, 6) is 0. The lowest BCUT2D eigenvalue weighted by molar-refractivity contribution is 0.666. The fourth-order valence-corrected chi connectivity index (χ4v) is 9.53. The molecule has 0 amide bonds. The van der Waals surface area contributed by atoms with E-state index < -0.39 is 0 Å². The molecule has 53 heavy (non-hydrogen) atoms. The van der Waals surface area contributed by atoms with Gasteiger partial charge in [-0.15, -0.1) is 0 Å². The van der Waals surface area contributed by atoms with Crippen molar-refractivity contribution < 1.29 is 0 Å². The Bertz CT molecular complexity index is 3060. The van der Waals surface area contributed by atoms with Gasteiger partial charge in [-0.1, -0.05) is 184 Å². The van der Waals surface area contributed by atoms with Gasteiger partial charge in [-0.05, 0) is 122 Å². The first-order valence-corrected chi connectivity index (χ1v) is 18.7. The van der Waals surface area contributed by atoms with Crippen LogP contribution in [0.15, 0.2) is 182 Å². The maximum absolute atomic E-state index is 2.42. The van der Waals surface area contributed by atoms with Gasteiger partial charge in [0, 0.05) is 5.41 Å². The highest BCUT2D eigenvalue weighted by atomic mass is 14.4. The number of rotatable bonds is 3. The number of hydrogen-bond donors (Lipinski definition) is 0. The van der Waals surface area contributed by atoms with Gasteiger partial charge in [0.25, 0.3) is 0 Å². The average Bonchev–Trinajstić information content (AvgIpc) is 3.45. The van der Waals surface area contributed by atoms with Gasteiger partial charge < -0.3 is 0 Å². The summed E-state index contributed by atoms with van der Waals surface area (Å²) in [5, 5.41) is 12.9. The second-order valence-electron chi connectivity index (χ2n) is 15.2. The summed E-state index contributed by atoms with van der Waals surface area (Å²) < 4.78 is 0. The van der Waals surface area contributed by atoms with E-state index in [2.05, 4.69) is 196 Å². The molecule has 248 valence electrons. The molecular weight excluding hydrogens is 637 g/mol. The fraction of sp³-hybridized carbons (Fsp3) is 0.0566. The molecule has 11 rings (SSSR count). The Balaban J connectivity index is 1.05. The summed E-state index contributed by atoms with van der Waals surface area (Å²) in [7, 11) is 0. The van der Waals surface area contributed by atoms with Crippen molar-refractivity contribution in [2.75, 3.05) is 0 Å². The highest BCUT2D eigenvalue weighted by molar-refractivity contribution is 6.22. The van der Waals surface area contributed by atoms with Crippen molar-refractivity contribution in [3.63, 3.8) is 0 Å². The van der Waals surface area contributed by atoms with Gasteiger partial charge in [0.05, 0.1) is 0 Å². The molecule has 0 saturated carbocycles. The van der Waals surface area contributed by atoms with Gasteiger partial charge >= 0.3 is 0 Å². The van der Waals surface area contributed by atoms with Crippen molar-refractivity contribution in [1.82, 2.24) is 0 Å².